The average molecular weight is 571 g/mol. The molecule has 2 aromatic rings. The standard InChI is InChI=1S/C25H31F5N8O2/c1-2-38-19(5-7-35-38)22(40)37-20(14-4-3-6-24(26,27)10-14)18-13-34-23(36-18)33-12-17(31)9-15-8-16(25(28,29)30)11-32-21(15)39/h5,7,12-16,20,31H,2-4,6,8-11H2,1H3,(H,32,39)(H,34,36)(H,37,40)/b31-17?,33-12-/t14-,15-,16-,20?/m1/s1. The second-order valence-corrected chi connectivity index (χ2v) is 10.3. The normalized spacial score (nSPS) is 24.1. The highest BCUT2D eigenvalue weighted by atomic mass is 19.4. The summed E-state index contributed by atoms with van der Waals surface area (Å²) in [5.41, 5.74) is 0.447. The van der Waals surface area contributed by atoms with Crippen LogP contribution in [0.4, 0.5) is 27.9 Å². The number of carbonyl (C=O) groups excluding carboxylic acids is 2. The maximum atomic E-state index is 14.3. The third kappa shape index (κ3) is 7.10. The Kier molecular flexibility index (Phi) is 8.68. The van der Waals surface area contributed by atoms with Crippen LogP contribution in [0.15, 0.2) is 23.5 Å². The number of alkyl halides is 5. The number of aliphatic imine (C=N–C) groups is 1. The number of aryl methyl sites for hydroxylation is 1. The van der Waals surface area contributed by atoms with Crippen molar-refractivity contribution in [1.82, 2.24) is 30.4 Å². The minimum atomic E-state index is -4.45. The largest absolute Gasteiger partial charge is 0.393 e. The maximum absolute atomic E-state index is 14.3. The monoisotopic (exact) mass is 570 g/mol. The molecular formula is C25H31F5N8O2. The van der Waals surface area contributed by atoms with Crippen molar-refractivity contribution >= 4 is 29.7 Å². The van der Waals surface area contributed by atoms with E-state index in [1.165, 1.54) is 23.1 Å². The lowest BCUT2D eigenvalue weighted by molar-refractivity contribution is -0.183. The Morgan fingerprint density at radius 2 is 2.17 bits per heavy atom. The number of H-pyrrole nitrogens is 1. The molecule has 2 aromatic heterocycles. The van der Waals surface area contributed by atoms with E-state index < -0.39 is 67.1 Å². The third-order valence-electron chi connectivity index (χ3n) is 7.34. The van der Waals surface area contributed by atoms with E-state index in [0.29, 0.717) is 18.7 Å². The van der Waals surface area contributed by atoms with Gasteiger partial charge in [0.05, 0.1) is 35.8 Å². The van der Waals surface area contributed by atoms with Crippen LogP contribution in [0.2, 0.25) is 0 Å². The van der Waals surface area contributed by atoms with Gasteiger partial charge in [0, 0.05) is 44.5 Å². The number of aromatic amines is 1. The molecule has 2 amide bonds. The topological polar surface area (TPSA) is 141 Å². The Hall–Kier alpha value is -3.65. The minimum Gasteiger partial charge on any atom is -0.355 e. The van der Waals surface area contributed by atoms with Crippen LogP contribution >= 0.6 is 0 Å². The number of aromatic nitrogens is 4. The van der Waals surface area contributed by atoms with Gasteiger partial charge in [-0.25, -0.2) is 18.8 Å². The van der Waals surface area contributed by atoms with Crippen molar-refractivity contribution in [2.75, 3.05) is 6.54 Å². The van der Waals surface area contributed by atoms with Gasteiger partial charge in [0.2, 0.25) is 17.8 Å². The number of carbonyl (C=O) groups is 2. The van der Waals surface area contributed by atoms with E-state index in [2.05, 4.69) is 30.7 Å². The number of hydrogen-bond acceptors (Lipinski definition) is 6. The quantitative estimate of drug-likeness (QED) is 0.263. The molecule has 0 bridgehead atoms. The van der Waals surface area contributed by atoms with Crippen molar-refractivity contribution in [3.05, 3.63) is 29.8 Å². The Morgan fingerprint density at radius 3 is 2.88 bits per heavy atom. The van der Waals surface area contributed by atoms with Crippen LogP contribution in [0, 0.1) is 23.2 Å². The fourth-order valence-electron chi connectivity index (χ4n) is 5.27. The molecule has 4 atom stereocenters. The summed E-state index contributed by atoms with van der Waals surface area (Å²) >= 11 is 0. The molecule has 3 heterocycles. The Bertz CT molecular complexity index is 1250. The van der Waals surface area contributed by atoms with Gasteiger partial charge in [-0.05, 0) is 38.2 Å². The smallest absolute Gasteiger partial charge is 0.355 e. The molecule has 1 saturated heterocycles. The molecule has 218 valence electrons. The first-order valence-electron chi connectivity index (χ1n) is 13.1. The molecule has 0 radical (unpaired) electrons. The molecule has 4 rings (SSSR count). The molecule has 10 nitrogen and oxygen atoms in total. The number of nitrogens with one attached hydrogen (secondary N) is 4. The summed E-state index contributed by atoms with van der Waals surface area (Å²) in [7, 11) is 0. The molecule has 4 N–H and O–H groups in total. The van der Waals surface area contributed by atoms with Crippen LogP contribution < -0.4 is 10.6 Å². The van der Waals surface area contributed by atoms with Crippen molar-refractivity contribution in [3.63, 3.8) is 0 Å². The highest BCUT2D eigenvalue weighted by Gasteiger charge is 2.45. The van der Waals surface area contributed by atoms with Gasteiger partial charge in [0.15, 0.2) is 0 Å². The molecule has 15 heteroatoms. The molecule has 2 fully saturated rings. The van der Waals surface area contributed by atoms with Crippen molar-refractivity contribution in [1.29, 1.82) is 5.41 Å². The van der Waals surface area contributed by atoms with Crippen LogP contribution in [0.3, 0.4) is 0 Å². The zero-order valence-electron chi connectivity index (χ0n) is 21.8. The van der Waals surface area contributed by atoms with Gasteiger partial charge in [-0.2, -0.15) is 18.3 Å². The first kappa shape index (κ1) is 29.3. The van der Waals surface area contributed by atoms with Crippen LogP contribution in [0.25, 0.3) is 0 Å². The van der Waals surface area contributed by atoms with Gasteiger partial charge in [-0.15, -0.1) is 0 Å². The number of nitrogens with zero attached hydrogens (tertiary/aromatic N) is 4. The lowest BCUT2D eigenvalue weighted by atomic mass is 9.80. The Labute approximate surface area is 226 Å². The van der Waals surface area contributed by atoms with Crippen LogP contribution in [-0.4, -0.2) is 62.1 Å². The Balaban J connectivity index is 1.47. The first-order chi connectivity index (χ1) is 18.9. The number of imidazole rings is 1. The molecule has 40 heavy (non-hydrogen) atoms. The van der Waals surface area contributed by atoms with Gasteiger partial charge < -0.3 is 21.0 Å². The maximum Gasteiger partial charge on any atom is 0.393 e. The lowest BCUT2D eigenvalue weighted by Crippen LogP contribution is -2.47. The van der Waals surface area contributed by atoms with Gasteiger partial charge in [-0.3, -0.25) is 14.3 Å². The predicted molar refractivity (Wildman–Crippen MR) is 135 cm³/mol. The zero-order valence-corrected chi connectivity index (χ0v) is 21.8. The van der Waals surface area contributed by atoms with E-state index >= 15 is 0 Å². The molecular weight excluding hydrogens is 539 g/mol. The van der Waals surface area contributed by atoms with Gasteiger partial charge >= 0.3 is 6.18 Å². The summed E-state index contributed by atoms with van der Waals surface area (Å²) < 4.78 is 69.3. The highest BCUT2D eigenvalue weighted by molar-refractivity contribution is 6.30. The van der Waals surface area contributed by atoms with E-state index in [-0.39, 0.29) is 36.6 Å². The molecule has 2 aliphatic rings. The van der Waals surface area contributed by atoms with Gasteiger partial charge in [0.25, 0.3) is 5.91 Å². The summed E-state index contributed by atoms with van der Waals surface area (Å²) in [4.78, 5) is 36.1. The van der Waals surface area contributed by atoms with Crippen LogP contribution in [0.5, 0.6) is 0 Å². The summed E-state index contributed by atoms with van der Waals surface area (Å²) in [5.74, 6) is -7.18. The van der Waals surface area contributed by atoms with Gasteiger partial charge in [-0.1, -0.05) is 0 Å². The van der Waals surface area contributed by atoms with Crippen molar-refractivity contribution in [3.8, 4) is 0 Å². The second-order valence-electron chi connectivity index (χ2n) is 10.3. The van der Waals surface area contributed by atoms with E-state index in [9.17, 15) is 31.5 Å². The third-order valence-corrected chi connectivity index (χ3v) is 7.34. The number of hydrogen-bond donors (Lipinski definition) is 4. The van der Waals surface area contributed by atoms with E-state index in [0.717, 1.165) is 6.21 Å². The number of rotatable bonds is 9. The summed E-state index contributed by atoms with van der Waals surface area (Å²) in [5, 5.41) is 17.2. The van der Waals surface area contributed by atoms with Crippen LogP contribution in [-0.2, 0) is 11.3 Å². The number of halogens is 5. The first-order valence-corrected chi connectivity index (χ1v) is 13.1. The molecule has 1 unspecified atom stereocenters. The van der Waals surface area contributed by atoms with E-state index in [1.807, 2.05) is 6.92 Å². The summed E-state index contributed by atoms with van der Waals surface area (Å²) in [6.07, 6.45) is -1.08. The molecule has 1 aliphatic heterocycles. The predicted octanol–water partition coefficient (Wildman–Crippen LogP) is 4.35. The fraction of sp³-hybridized carbons (Fsp3) is 0.600. The SMILES string of the molecule is CCn1nccc1C(=O)NC(c1cnc(/N=C\C(=N)C[C@H]2C[C@@H](C(F)(F)F)CNC2=O)[nH]1)[C@@H]1CCCC(F)(F)C1. The molecule has 1 aliphatic carbocycles. The average Bonchev–Trinajstić information content (AvgIpc) is 3.55. The summed E-state index contributed by atoms with van der Waals surface area (Å²) in [6.45, 7) is 1.77. The lowest BCUT2D eigenvalue weighted by Gasteiger charge is -2.34. The zero-order chi connectivity index (χ0) is 29.1. The van der Waals surface area contributed by atoms with Crippen molar-refractivity contribution < 1.29 is 31.5 Å². The summed E-state index contributed by atoms with van der Waals surface area (Å²) in [6, 6.07) is 0.698. The number of amides is 2. The minimum absolute atomic E-state index is 0.0152. The second kappa shape index (κ2) is 11.8. The van der Waals surface area contributed by atoms with E-state index in [4.69, 9.17) is 5.41 Å². The van der Waals surface area contributed by atoms with Crippen molar-refractivity contribution in [2.24, 2.45) is 22.7 Å². The highest BCUT2D eigenvalue weighted by Crippen LogP contribution is 2.42. The fourth-order valence-corrected chi connectivity index (χ4v) is 5.27. The van der Waals surface area contributed by atoms with Crippen molar-refractivity contribution in [2.45, 2.75) is 70.1 Å². The number of piperidine rings is 1. The van der Waals surface area contributed by atoms with E-state index in [1.54, 1.807) is 0 Å². The molecule has 1 saturated carbocycles. The van der Waals surface area contributed by atoms with Crippen LogP contribution in [0.1, 0.15) is 67.7 Å². The molecule has 0 spiro atoms. The Morgan fingerprint density at radius 1 is 1.40 bits per heavy atom. The molecule has 0 aromatic carbocycles. The van der Waals surface area contributed by atoms with Gasteiger partial charge in [0.1, 0.15) is 5.69 Å².